The SMILES string of the molecule is C=CCNc1ccc(NC(=O)c2ccc(OC)cc2)nn1. The Morgan fingerprint density at radius 2 is 1.86 bits per heavy atom. The fraction of sp³-hybridized carbons (Fsp3) is 0.133. The second-order valence-corrected chi connectivity index (χ2v) is 4.16. The lowest BCUT2D eigenvalue weighted by atomic mass is 10.2. The van der Waals surface area contributed by atoms with Crippen molar-refractivity contribution in [2.75, 3.05) is 24.3 Å². The minimum atomic E-state index is -0.251. The van der Waals surface area contributed by atoms with Gasteiger partial charge in [-0.2, -0.15) is 0 Å². The molecule has 0 saturated heterocycles. The second kappa shape index (κ2) is 7.04. The number of nitrogens with one attached hydrogen (secondary N) is 2. The van der Waals surface area contributed by atoms with Crippen molar-refractivity contribution >= 4 is 17.5 Å². The van der Waals surface area contributed by atoms with Gasteiger partial charge in [0.15, 0.2) is 5.82 Å². The molecule has 0 aliphatic rings. The van der Waals surface area contributed by atoms with E-state index in [1.807, 2.05) is 0 Å². The summed E-state index contributed by atoms with van der Waals surface area (Å²) in [6, 6.07) is 10.2. The number of amides is 1. The maximum atomic E-state index is 12.0. The van der Waals surface area contributed by atoms with E-state index in [-0.39, 0.29) is 5.91 Å². The summed E-state index contributed by atoms with van der Waals surface area (Å²) in [6.07, 6.45) is 1.72. The van der Waals surface area contributed by atoms with Crippen molar-refractivity contribution in [1.82, 2.24) is 10.2 Å². The highest BCUT2D eigenvalue weighted by atomic mass is 16.5. The van der Waals surface area contributed by atoms with E-state index in [0.29, 0.717) is 29.5 Å². The standard InChI is InChI=1S/C15H16N4O2/c1-3-10-16-13-8-9-14(19-18-13)17-15(20)11-4-6-12(21-2)7-5-11/h3-9H,1,10H2,2H3,(H,16,18)(H,17,19,20). The number of rotatable bonds is 6. The van der Waals surface area contributed by atoms with Crippen molar-refractivity contribution in [2.45, 2.75) is 0 Å². The van der Waals surface area contributed by atoms with Gasteiger partial charge in [-0.3, -0.25) is 4.79 Å². The van der Waals surface area contributed by atoms with Gasteiger partial charge in [-0.05, 0) is 36.4 Å². The molecule has 1 amide bonds. The monoisotopic (exact) mass is 284 g/mol. The van der Waals surface area contributed by atoms with Gasteiger partial charge in [0.05, 0.1) is 7.11 Å². The fourth-order valence-electron chi connectivity index (χ4n) is 1.60. The van der Waals surface area contributed by atoms with Gasteiger partial charge in [-0.25, -0.2) is 0 Å². The van der Waals surface area contributed by atoms with E-state index in [1.165, 1.54) is 0 Å². The number of carbonyl (C=O) groups is 1. The Morgan fingerprint density at radius 3 is 2.43 bits per heavy atom. The van der Waals surface area contributed by atoms with Crippen LogP contribution in [0.3, 0.4) is 0 Å². The van der Waals surface area contributed by atoms with E-state index < -0.39 is 0 Å². The lowest BCUT2D eigenvalue weighted by molar-refractivity contribution is 0.102. The molecule has 0 bridgehead atoms. The van der Waals surface area contributed by atoms with Gasteiger partial charge in [0.1, 0.15) is 11.6 Å². The topological polar surface area (TPSA) is 76.1 Å². The Morgan fingerprint density at radius 1 is 1.19 bits per heavy atom. The summed E-state index contributed by atoms with van der Waals surface area (Å²) in [4.78, 5) is 12.0. The average Bonchev–Trinajstić information content (AvgIpc) is 2.54. The summed E-state index contributed by atoms with van der Waals surface area (Å²) in [5.74, 6) is 1.46. The third-order valence-corrected chi connectivity index (χ3v) is 2.69. The smallest absolute Gasteiger partial charge is 0.256 e. The minimum absolute atomic E-state index is 0.251. The minimum Gasteiger partial charge on any atom is -0.497 e. The molecule has 0 unspecified atom stereocenters. The summed E-state index contributed by atoms with van der Waals surface area (Å²) < 4.78 is 5.04. The largest absolute Gasteiger partial charge is 0.497 e. The zero-order chi connectivity index (χ0) is 15.1. The average molecular weight is 284 g/mol. The lowest BCUT2D eigenvalue weighted by Gasteiger charge is -2.06. The molecule has 6 nitrogen and oxygen atoms in total. The molecule has 0 saturated carbocycles. The number of hydrogen-bond donors (Lipinski definition) is 2. The number of benzene rings is 1. The van der Waals surface area contributed by atoms with Crippen LogP contribution in [0.4, 0.5) is 11.6 Å². The van der Waals surface area contributed by atoms with Crippen LogP contribution in [-0.2, 0) is 0 Å². The summed E-state index contributed by atoms with van der Waals surface area (Å²) in [5, 5.41) is 13.6. The molecular weight excluding hydrogens is 268 g/mol. The maximum Gasteiger partial charge on any atom is 0.256 e. The molecule has 2 rings (SSSR count). The molecule has 2 N–H and O–H groups in total. The zero-order valence-electron chi connectivity index (χ0n) is 11.7. The molecule has 21 heavy (non-hydrogen) atoms. The molecule has 1 heterocycles. The van der Waals surface area contributed by atoms with Gasteiger partial charge in [0.25, 0.3) is 5.91 Å². The maximum absolute atomic E-state index is 12.0. The van der Waals surface area contributed by atoms with Crippen LogP contribution in [-0.4, -0.2) is 29.8 Å². The van der Waals surface area contributed by atoms with Gasteiger partial charge in [-0.15, -0.1) is 16.8 Å². The number of nitrogens with zero attached hydrogens (tertiary/aromatic N) is 2. The first kappa shape index (κ1) is 14.5. The molecular formula is C15H16N4O2. The number of aromatic nitrogens is 2. The second-order valence-electron chi connectivity index (χ2n) is 4.16. The molecule has 1 aromatic carbocycles. The molecule has 0 spiro atoms. The molecule has 108 valence electrons. The Hall–Kier alpha value is -2.89. The van der Waals surface area contributed by atoms with Crippen molar-refractivity contribution in [2.24, 2.45) is 0 Å². The Bertz CT molecular complexity index is 609. The highest BCUT2D eigenvalue weighted by Crippen LogP contribution is 2.13. The van der Waals surface area contributed by atoms with Gasteiger partial charge in [-0.1, -0.05) is 6.08 Å². The fourth-order valence-corrected chi connectivity index (χ4v) is 1.60. The Kier molecular flexibility index (Phi) is 4.87. The zero-order valence-corrected chi connectivity index (χ0v) is 11.7. The quantitative estimate of drug-likeness (QED) is 0.796. The molecule has 6 heteroatoms. The van der Waals surface area contributed by atoms with Crippen LogP contribution in [0, 0.1) is 0 Å². The van der Waals surface area contributed by atoms with E-state index in [1.54, 1.807) is 49.6 Å². The first-order valence-corrected chi connectivity index (χ1v) is 6.37. The molecule has 0 aliphatic carbocycles. The molecule has 0 radical (unpaired) electrons. The molecule has 0 atom stereocenters. The number of carbonyl (C=O) groups excluding carboxylic acids is 1. The summed E-state index contributed by atoms with van der Waals surface area (Å²) in [7, 11) is 1.58. The Labute approximate surface area is 122 Å². The van der Waals surface area contributed by atoms with Crippen molar-refractivity contribution in [3.63, 3.8) is 0 Å². The van der Waals surface area contributed by atoms with Crippen LogP contribution >= 0.6 is 0 Å². The van der Waals surface area contributed by atoms with Gasteiger partial charge < -0.3 is 15.4 Å². The third kappa shape index (κ3) is 4.04. The summed E-state index contributed by atoms with van der Waals surface area (Å²) in [5.41, 5.74) is 0.520. The van der Waals surface area contributed by atoms with Crippen molar-refractivity contribution < 1.29 is 9.53 Å². The lowest BCUT2D eigenvalue weighted by Crippen LogP contribution is -2.13. The highest BCUT2D eigenvalue weighted by Gasteiger charge is 2.07. The summed E-state index contributed by atoms with van der Waals surface area (Å²) in [6.45, 7) is 4.21. The predicted molar refractivity (Wildman–Crippen MR) is 81.7 cm³/mol. The van der Waals surface area contributed by atoms with Crippen LogP contribution in [0.25, 0.3) is 0 Å². The normalized spacial score (nSPS) is 9.76. The Balaban J connectivity index is 1.99. The highest BCUT2D eigenvalue weighted by molar-refractivity contribution is 6.03. The predicted octanol–water partition coefficient (Wildman–Crippen LogP) is 2.34. The van der Waals surface area contributed by atoms with Crippen LogP contribution < -0.4 is 15.4 Å². The van der Waals surface area contributed by atoms with Gasteiger partial charge in [0.2, 0.25) is 0 Å². The number of ether oxygens (including phenoxy) is 1. The van der Waals surface area contributed by atoms with Gasteiger partial charge >= 0.3 is 0 Å². The first-order chi connectivity index (χ1) is 10.2. The number of hydrogen-bond acceptors (Lipinski definition) is 5. The molecule has 2 aromatic rings. The van der Waals surface area contributed by atoms with E-state index in [2.05, 4.69) is 27.4 Å². The molecule has 0 aliphatic heterocycles. The number of anilines is 2. The molecule has 1 aromatic heterocycles. The van der Waals surface area contributed by atoms with Crippen LogP contribution in [0.2, 0.25) is 0 Å². The van der Waals surface area contributed by atoms with E-state index in [4.69, 9.17) is 4.74 Å². The summed E-state index contributed by atoms with van der Waals surface area (Å²) >= 11 is 0. The third-order valence-electron chi connectivity index (χ3n) is 2.69. The van der Waals surface area contributed by atoms with E-state index in [9.17, 15) is 4.79 Å². The first-order valence-electron chi connectivity index (χ1n) is 6.37. The van der Waals surface area contributed by atoms with E-state index in [0.717, 1.165) is 0 Å². The number of methoxy groups -OCH3 is 1. The van der Waals surface area contributed by atoms with Crippen molar-refractivity contribution in [1.29, 1.82) is 0 Å². The van der Waals surface area contributed by atoms with Crippen LogP contribution in [0.5, 0.6) is 5.75 Å². The van der Waals surface area contributed by atoms with Crippen molar-refractivity contribution in [3.8, 4) is 5.75 Å². The van der Waals surface area contributed by atoms with Crippen molar-refractivity contribution in [3.05, 3.63) is 54.6 Å². The van der Waals surface area contributed by atoms with Crippen LogP contribution in [0.15, 0.2) is 49.1 Å². The van der Waals surface area contributed by atoms with E-state index >= 15 is 0 Å². The van der Waals surface area contributed by atoms with Gasteiger partial charge in [0, 0.05) is 12.1 Å². The molecule has 0 fully saturated rings. The van der Waals surface area contributed by atoms with Crippen LogP contribution in [0.1, 0.15) is 10.4 Å².